The number of halogens is 5. The average Bonchev–Trinajstić information content (AvgIpc) is 3.40. The molecule has 3 aliphatic heterocycles. The van der Waals surface area contributed by atoms with E-state index in [0.29, 0.717) is 50.3 Å². The number of likely N-dealkylation sites (tertiary alicyclic amines) is 3. The van der Waals surface area contributed by atoms with Crippen molar-refractivity contribution >= 4 is 35.0 Å². The van der Waals surface area contributed by atoms with E-state index in [-0.39, 0.29) is 87.2 Å². The second-order valence-corrected chi connectivity index (χ2v) is 16.1. The van der Waals surface area contributed by atoms with Gasteiger partial charge in [-0.3, -0.25) is 24.2 Å². The Hall–Kier alpha value is -2.88. The molecule has 5 fully saturated rings. The number of alkyl halides is 5. The van der Waals surface area contributed by atoms with Crippen LogP contribution in [0.4, 0.5) is 22.0 Å². The monoisotopic (exact) mass is 737 g/mol. The molecule has 0 bridgehead atoms. The molecule has 16 heteroatoms. The van der Waals surface area contributed by atoms with Crippen LogP contribution < -0.4 is 5.73 Å². The Labute approximate surface area is 295 Å². The van der Waals surface area contributed by atoms with Crippen LogP contribution in [-0.2, 0) is 14.4 Å². The predicted molar refractivity (Wildman–Crippen MR) is 178 cm³/mol. The van der Waals surface area contributed by atoms with Gasteiger partial charge in [-0.15, -0.1) is 11.3 Å². The minimum atomic E-state index is -4.10. The molecule has 0 unspecified atom stereocenters. The summed E-state index contributed by atoms with van der Waals surface area (Å²) in [5.74, 6) is -4.20. The number of amides is 4. The van der Waals surface area contributed by atoms with Crippen molar-refractivity contribution in [3.8, 4) is 0 Å². The van der Waals surface area contributed by atoms with E-state index in [4.69, 9.17) is 10.8 Å². The number of hydrogen-bond donors (Lipinski definition) is 2. The molecule has 1 aromatic rings. The van der Waals surface area contributed by atoms with Crippen LogP contribution >= 0.6 is 11.3 Å². The quantitative estimate of drug-likeness (QED) is 0.385. The number of aliphatic hydroxyl groups is 1. The molecule has 1 aromatic heterocycles. The lowest BCUT2D eigenvalue weighted by molar-refractivity contribution is -0.186. The van der Waals surface area contributed by atoms with Gasteiger partial charge in [-0.1, -0.05) is 20.8 Å². The minimum Gasteiger partial charge on any atom is -0.396 e. The summed E-state index contributed by atoms with van der Waals surface area (Å²) in [4.78, 5) is 58.1. The molecule has 0 radical (unpaired) electrons. The van der Waals surface area contributed by atoms with Crippen LogP contribution in [-0.4, -0.2) is 106 Å². The van der Waals surface area contributed by atoms with Crippen LogP contribution in [0.2, 0.25) is 0 Å². The van der Waals surface area contributed by atoms with Crippen LogP contribution in [0.3, 0.4) is 0 Å². The van der Waals surface area contributed by atoms with E-state index in [2.05, 4.69) is 18.8 Å². The first-order valence-corrected chi connectivity index (χ1v) is 18.3. The molecule has 3 saturated heterocycles. The molecule has 2 saturated carbocycles. The first-order chi connectivity index (χ1) is 23.3. The van der Waals surface area contributed by atoms with Gasteiger partial charge in [0.05, 0.1) is 23.5 Å². The first-order valence-electron chi connectivity index (χ1n) is 17.4. The summed E-state index contributed by atoms with van der Waals surface area (Å²) in [5.41, 5.74) is 6.93. The standard InChI is InChI=1S/C17H22N4O3S.C10H16F3NO.C7H12F2O.H2/c1-16(2)3-10(16)14(23)21-7-17(8-21)6-20(5-11(17)13(18)22)15(24)12-4-19-9-25-12;1-2-3-9(15)14-6-4-8(5-7-14)10(11,12)13;8-7(9)3-1-6(5-10)2-4-7;/h4,9-11H,3,5-8H2,1-2H3,(H2,18,22);8H,2-7H2,1H3;6,10H,1-5H2;1H/t10-,11+;;;/m1.../s1. The molecule has 1 spiro atoms. The lowest BCUT2D eigenvalue weighted by atomic mass is 9.71. The third-order valence-corrected chi connectivity index (χ3v) is 11.7. The summed E-state index contributed by atoms with van der Waals surface area (Å²) in [7, 11) is 0. The van der Waals surface area contributed by atoms with Gasteiger partial charge < -0.3 is 25.5 Å². The van der Waals surface area contributed by atoms with E-state index in [9.17, 15) is 41.1 Å². The Morgan fingerprint density at radius 3 is 2.04 bits per heavy atom. The fraction of sp³-hybridized carbons (Fsp3) is 0.794. The number of carbonyl (C=O) groups excluding carboxylic acids is 4. The van der Waals surface area contributed by atoms with Gasteiger partial charge in [0.25, 0.3) is 5.91 Å². The van der Waals surface area contributed by atoms with Crippen LogP contribution in [0.15, 0.2) is 11.7 Å². The zero-order valence-electron chi connectivity index (χ0n) is 29.0. The number of piperidine rings is 1. The number of aromatic nitrogens is 1. The van der Waals surface area contributed by atoms with E-state index in [0.717, 1.165) is 12.8 Å². The average molecular weight is 738 g/mol. The molecule has 50 heavy (non-hydrogen) atoms. The number of thiazole rings is 1. The Morgan fingerprint density at radius 2 is 1.58 bits per heavy atom. The first kappa shape index (κ1) is 39.9. The van der Waals surface area contributed by atoms with Gasteiger partial charge in [0.2, 0.25) is 23.6 Å². The maximum absolute atomic E-state index is 12.6. The number of aliphatic hydroxyl groups excluding tert-OH is 1. The summed E-state index contributed by atoms with van der Waals surface area (Å²) in [6.07, 6.45) is 0.531. The molecule has 5 aliphatic rings. The normalized spacial score (nSPS) is 25.5. The molecule has 2 atom stereocenters. The van der Waals surface area contributed by atoms with Gasteiger partial charge in [-0.05, 0) is 49.9 Å². The van der Waals surface area contributed by atoms with E-state index in [1.165, 1.54) is 11.3 Å². The highest BCUT2D eigenvalue weighted by atomic mass is 32.1. The van der Waals surface area contributed by atoms with Crippen molar-refractivity contribution in [3.05, 3.63) is 16.6 Å². The molecule has 10 nitrogen and oxygen atoms in total. The third-order valence-electron chi connectivity index (χ3n) is 10.9. The largest absolute Gasteiger partial charge is 0.396 e. The van der Waals surface area contributed by atoms with Gasteiger partial charge in [0.1, 0.15) is 4.88 Å². The van der Waals surface area contributed by atoms with Crippen molar-refractivity contribution in [1.29, 1.82) is 0 Å². The molecule has 2 aliphatic carbocycles. The summed E-state index contributed by atoms with van der Waals surface area (Å²) in [5, 5.41) is 8.62. The van der Waals surface area contributed by atoms with Crippen molar-refractivity contribution in [3.63, 3.8) is 0 Å². The lowest BCUT2D eigenvalue weighted by Gasteiger charge is -2.50. The van der Waals surface area contributed by atoms with Gasteiger partial charge >= 0.3 is 6.18 Å². The Kier molecular flexibility index (Phi) is 12.6. The second kappa shape index (κ2) is 15.8. The second-order valence-electron chi connectivity index (χ2n) is 15.2. The molecule has 4 amide bonds. The van der Waals surface area contributed by atoms with Gasteiger partial charge in [-0.25, -0.2) is 8.78 Å². The number of primary amides is 1. The molecule has 0 aromatic carbocycles. The van der Waals surface area contributed by atoms with Crippen LogP contribution in [0.5, 0.6) is 0 Å². The fourth-order valence-corrected chi connectivity index (χ4v) is 7.99. The molecule has 3 N–H and O–H groups in total. The number of hydrogen-bond acceptors (Lipinski definition) is 7. The third kappa shape index (κ3) is 9.71. The molecule has 4 heterocycles. The molecule has 284 valence electrons. The van der Waals surface area contributed by atoms with E-state index in [1.807, 2.05) is 11.8 Å². The highest BCUT2D eigenvalue weighted by Crippen LogP contribution is 2.54. The zero-order chi connectivity index (χ0) is 37.1. The Bertz CT molecular complexity index is 1340. The summed E-state index contributed by atoms with van der Waals surface area (Å²) in [6.45, 7) is 8.47. The highest BCUT2D eigenvalue weighted by molar-refractivity contribution is 7.11. The van der Waals surface area contributed by atoms with Crippen molar-refractivity contribution < 1.29 is 47.7 Å². The Balaban J connectivity index is 0.000000230. The zero-order valence-corrected chi connectivity index (χ0v) is 29.8. The van der Waals surface area contributed by atoms with Crippen molar-refractivity contribution in [2.75, 3.05) is 45.9 Å². The SMILES string of the molecule is CC1(C)C[C@@H]1C(=O)N1CC2(CN(C(=O)c3cncs3)C[C@H]2C(N)=O)C1.CCCC(=O)N1CCC(C(F)(F)F)CC1.OCC1CCC(F)(F)CC1.[HH]. The molecule has 6 rings (SSSR count). The van der Waals surface area contributed by atoms with Crippen LogP contribution in [0.1, 0.15) is 89.7 Å². The smallest absolute Gasteiger partial charge is 0.391 e. The predicted octanol–water partition coefficient (Wildman–Crippen LogP) is 5.21. The van der Waals surface area contributed by atoms with Crippen molar-refractivity contribution in [1.82, 2.24) is 19.7 Å². The summed E-state index contributed by atoms with van der Waals surface area (Å²) >= 11 is 1.29. The van der Waals surface area contributed by atoms with Gasteiger partial charge in [0, 0.05) is 77.9 Å². The highest BCUT2D eigenvalue weighted by Gasteiger charge is 2.61. The minimum absolute atomic E-state index is 0. The molecular formula is C34H52F5N5O5S. The number of rotatable bonds is 6. The van der Waals surface area contributed by atoms with E-state index < -0.39 is 29.8 Å². The van der Waals surface area contributed by atoms with Gasteiger partial charge in [-0.2, -0.15) is 13.2 Å². The van der Waals surface area contributed by atoms with Crippen molar-refractivity contribution in [2.24, 2.45) is 40.2 Å². The molecular weight excluding hydrogens is 685 g/mol. The maximum atomic E-state index is 12.6. The van der Waals surface area contributed by atoms with Crippen LogP contribution in [0, 0.1) is 34.5 Å². The van der Waals surface area contributed by atoms with Crippen LogP contribution in [0.25, 0.3) is 0 Å². The number of nitrogens with zero attached hydrogens (tertiary/aromatic N) is 4. The topological polar surface area (TPSA) is 137 Å². The van der Waals surface area contributed by atoms with E-state index >= 15 is 0 Å². The van der Waals surface area contributed by atoms with Gasteiger partial charge in [0.15, 0.2) is 0 Å². The Morgan fingerprint density at radius 1 is 1.00 bits per heavy atom. The number of carbonyl (C=O) groups is 4. The maximum Gasteiger partial charge on any atom is 0.391 e. The summed E-state index contributed by atoms with van der Waals surface area (Å²) < 4.78 is 61.8. The fourth-order valence-electron chi connectivity index (χ4n) is 7.40. The van der Waals surface area contributed by atoms with E-state index in [1.54, 1.807) is 21.5 Å². The lowest BCUT2D eigenvalue weighted by Crippen LogP contribution is -2.64. The number of nitrogens with two attached hydrogens (primary N) is 1. The van der Waals surface area contributed by atoms with Crippen molar-refractivity contribution in [2.45, 2.75) is 90.7 Å². The summed E-state index contributed by atoms with van der Waals surface area (Å²) in [6, 6.07) is 0.